The molecule has 3 heterocycles. The van der Waals surface area contributed by atoms with Crippen molar-refractivity contribution in [1.29, 1.82) is 0 Å². The number of fused-ring (bicyclic) bond motifs is 1. The van der Waals surface area contributed by atoms with Gasteiger partial charge in [0.25, 0.3) is 0 Å². The minimum atomic E-state index is -0.236. The maximum absolute atomic E-state index is 12.7. The SMILES string of the molecule is Cc1nc([C@@]23CN(Cc4ccc(OC(C)C)cc4)C[C@@H]2CN(C(=O)NC(C)C)C3)n[nH]1. The molecule has 2 atom stereocenters. The molecule has 0 spiro atoms. The van der Waals surface area contributed by atoms with Crippen LogP contribution in [0.3, 0.4) is 0 Å². The molecule has 4 rings (SSSR count). The summed E-state index contributed by atoms with van der Waals surface area (Å²) in [6, 6.07) is 8.48. The van der Waals surface area contributed by atoms with E-state index in [4.69, 9.17) is 9.72 Å². The summed E-state index contributed by atoms with van der Waals surface area (Å²) in [6.45, 7) is 14.0. The topological polar surface area (TPSA) is 86.4 Å². The fraction of sp³-hybridized carbons (Fsp3) is 0.609. The molecular formula is C23H34N6O2. The fourth-order valence-corrected chi connectivity index (χ4v) is 4.87. The Morgan fingerprint density at radius 1 is 1.23 bits per heavy atom. The Labute approximate surface area is 184 Å². The predicted molar refractivity (Wildman–Crippen MR) is 119 cm³/mol. The van der Waals surface area contributed by atoms with Gasteiger partial charge in [0.05, 0.1) is 11.5 Å². The molecule has 0 aliphatic carbocycles. The normalized spacial score (nSPS) is 23.6. The zero-order valence-electron chi connectivity index (χ0n) is 19.2. The number of aromatic nitrogens is 3. The molecule has 2 amide bonds. The van der Waals surface area contributed by atoms with Gasteiger partial charge in [-0.2, -0.15) is 5.10 Å². The van der Waals surface area contributed by atoms with Crippen LogP contribution in [0.2, 0.25) is 0 Å². The molecule has 2 aliphatic heterocycles. The van der Waals surface area contributed by atoms with E-state index in [9.17, 15) is 4.79 Å². The summed E-state index contributed by atoms with van der Waals surface area (Å²) in [6.07, 6.45) is 0.171. The van der Waals surface area contributed by atoms with Crippen molar-refractivity contribution in [3.8, 4) is 5.75 Å². The number of aryl methyl sites for hydroxylation is 1. The smallest absolute Gasteiger partial charge is 0.317 e. The first-order valence-electron chi connectivity index (χ1n) is 11.2. The summed E-state index contributed by atoms with van der Waals surface area (Å²) in [4.78, 5) is 21.8. The molecule has 2 N–H and O–H groups in total. The number of urea groups is 1. The lowest BCUT2D eigenvalue weighted by Gasteiger charge is -2.27. The lowest BCUT2D eigenvalue weighted by molar-refractivity contribution is 0.194. The fourth-order valence-electron chi connectivity index (χ4n) is 4.87. The largest absolute Gasteiger partial charge is 0.491 e. The van der Waals surface area contributed by atoms with Gasteiger partial charge in [-0.05, 0) is 52.3 Å². The number of amides is 2. The zero-order valence-corrected chi connectivity index (χ0v) is 19.2. The van der Waals surface area contributed by atoms with Gasteiger partial charge in [0.15, 0.2) is 5.82 Å². The Morgan fingerprint density at radius 2 is 1.97 bits per heavy atom. The summed E-state index contributed by atoms with van der Waals surface area (Å²) in [7, 11) is 0. The number of hydrogen-bond donors (Lipinski definition) is 2. The zero-order chi connectivity index (χ0) is 22.2. The quantitative estimate of drug-likeness (QED) is 0.742. The van der Waals surface area contributed by atoms with Crippen molar-refractivity contribution in [2.45, 2.75) is 58.7 Å². The van der Waals surface area contributed by atoms with Crippen LogP contribution in [0, 0.1) is 12.8 Å². The highest BCUT2D eigenvalue weighted by Crippen LogP contribution is 2.44. The first-order chi connectivity index (χ1) is 14.7. The third-order valence-corrected chi connectivity index (χ3v) is 6.12. The average Bonchev–Trinajstić information content (AvgIpc) is 3.35. The van der Waals surface area contributed by atoms with Gasteiger partial charge in [-0.15, -0.1) is 0 Å². The number of carbonyl (C=O) groups excluding carboxylic acids is 1. The van der Waals surface area contributed by atoms with Crippen LogP contribution in [0.25, 0.3) is 0 Å². The van der Waals surface area contributed by atoms with E-state index in [-0.39, 0.29) is 23.6 Å². The molecule has 0 bridgehead atoms. The van der Waals surface area contributed by atoms with Crippen LogP contribution in [0.1, 0.15) is 44.9 Å². The van der Waals surface area contributed by atoms with Crippen molar-refractivity contribution in [3.05, 3.63) is 41.5 Å². The van der Waals surface area contributed by atoms with Crippen LogP contribution in [-0.4, -0.2) is 69.3 Å². The molecule has 0 saturated carbocycles. The Morgan fingerprint density at radius 3 is 2.58 bits per heavy atom. The summed E-state index contributed by atoms with van der Waals surface area (Å²) in [5.74, 6) is 2.85. The standard InChI is InChI=1S/C23H34N6O2/c1-15(2)24-22(30)29-12-19-11-28(10-18-6-8-20(9-7-18)31-16(3)4)13-23(19,14-29)21-25-17(5)26-27-21/h6-9,15-16,19H,10-14H2,1-5H3,(H,24,30)(H,25,26,27)/t19-,23-/m1/s1. The number of nitrogens with one attached hydrogen (secondary N) is 2. The average molecular weight is 427 g/mol. The molecule has 1 aromatic heterocycles. The molecule has 168 valence electrons. The molecule has 2 fully saturated rings. The Hall–Kier alpha value is -2.61. The van der Waals surface area contributed by atoms with Crippen LogP contribution < -0.4 is 10.1 Å². The monoisotopic (exact) mass is 426 g/mol. The number of H-pyrrole nitrogens is 1. The van der Waals surface area contributed by atoms with Gasteiger partial charge in [0.2, 0.25) is 0 Å². The van der Waals surface area contributed by atoms with E-state index in [0.29, 0.717) is 12.5 Å². The first-order valence-corrected chi connectivity index (χ1v) is 11.2. The Bertz CT molecular complexity index is 909. The van der Waals surface area contributed by atoms with E-state index < -0.39 is 0 Å². The van der Waals surface area contributed by atoms with Gasteiger partial charge in [-0.3, -0.25) is 10.00 Å². The second-order valence-electron chi connectivity index (χ2n) is 9.56. The number of likely N-dealkylation sites (tertiary alicyclic amines) is 2. The number of aromatic amines is 1. The van der Waals surface area contributed by atoms with Gasteiger partial charge in [0.1, 0.15) is 11.6 Å². The number of rotatable bonds is 6. The van der Waals surface area contributed by atoms with Crippen LogP contribution in [-0.2, 0) is 12.0 Å². The Kier molecular flexibility index (Phi) is 5.92. The first kappa shape index (κ1) is 21.6. The summed E-state index contributed by atoms with van der Waals surface area (Å²) >= 11 is 0. The second kappa shape index (κ2) is 8.49. The molecular weight excluding hydrogens is 392 g/mol. The highest BCUT2D eigenvalue weighted by Gasteiger charge is 2.56. The van der Waals surface area contributed by atoms with E-state index in [2.05, 4.69) is 32.5 Å². The molecule has 31 heavy (non-hydrogen) atoms. The van der Waals surface area contributed by atoms with Gasteiger partial charge < -0.3 is 15.0 Å². The third-order valence-electron chi connectivity index (χ3n) is 6.12. The molecule has 0 unspecified atom stereocenters. The van der Waals surface area contributed by atoms with Crippen molar-refractivity contribution < 1.29 is 9.53 Å². The number of benzene rings is 1. The number of nitrogens with zero attached hydrogens (tertiary/aromatic N) is 4. The van der Waals surface area contributed by atoms with Crippen molar-refractivity contribution in [1.82, 2.24) is 30.3 Å². The van der Waals surface area contributed by atoms with E-state index in [1.807, 2.05) is 51.7 Å². The number of hydrogen-bond acceptors (Lipinski definition) is 5. The lowest BCUT2D eigenvalue weighted by atomic mass is 9.80. The minimum Gasteiger partial charge on any atom is -0.491 e. The van der Waals surface area contributed by atoms with Gasteiger partial charge in [0, 0.05) is 44.7 Å². The van der Waals surface area contributed by atoms with Gasteiger partial charge in [-0.25, -0.2) is 9.78 Å². The van der Waals surface area contributed by atoms with Crippen molar-refractivity contribution in [2.24, 2.45) is 5.92 Å². The number of ether oxygens (including phenoxy) is 1. The molecule has 2 aromatic rings. The molecule has 1 aromatic carbocycles. The van der Waals surface area contributed by atoms with E-state index in [1.54, 1.807) is 0 Å². The maximum Gasteiger partial charge on any atom is 0.317 e. The minimum absolute atomic E-state index is 0.00308. The predicted octanol–water partition coefficient (Wildman–Crippen LogP) is 2.70. The molecule has 8 heteroatoms. The van der Waals surface area contributed by atoms with E-state index >= 15 is 0 Å². The van der Waals surface area contributed by atoms with Crippen molar-refractivity contribution in [3.63, 3.8) is 0 Å². The van der Waals surface area contributed by atoms with Crippen LogP contribution in [0.5, 0.6) is 5.75 Å². The summed E-state index contributed by atoms with van der Waals surface area (Å²) < 4.78 is 5.76. The molecule has 8 nitrogen and oxygen atoms in total. The third kappa shape index (κ3) is 4.54. The molecule has 2 saturated heterocycles. The second-order valence-corrected chi connectivity index (χ2v) is 9.56. The van der Waals surface area contributed by atoms with Gasteiger partial charge in [-0.1, -0.05) is 12.1 Å². The van der Waals surface area contributed by atoms with Crippen molar-refractivity contribution in [2.75, 3.05) is 26.2 Å². The Balaban J connectivity index is 1.50. The van der Waals surface area contributed by atoms with Crippen LogP contribution in [0.15, 0.2) is 24.3 Å². The lowest BCUT2D eigenvalue weighted by Crippen LogP contribution is -2.45. The van der Waals surface area contributed by atoms with Gasteiger partial charge >= 0.3 is 6.03 Å². The summed E-state index contributed by atoms with van der Waals surface area (Å²) in [5, 5.41) is 10.6. The maximum atomic E-state index is 12.7. The highest BCUT2D eigenvalue weighted by atomic mass is 16.5. The van der Waals surface area contributed by atoms with E-state index in [1.165, 1.54) is 5.56 Å². The molecule has 2 aliphatic rings. The van der Waals surface area contributed by atoms with Crippen LogP contribution in [0.4, 0.5) is 4.79 Å². The van der Waals surface area contributed by atoms with Crippen molar-refractivity contribution >= 4 is 6.03 Å². The van der Waals surface area contributed by atoms with Crippen LogP contribution >= 0.6 is 0 Å². The van der Waals surface area contributed by atoms with E-state index in [0.717, 1.165) is 43.6 Å². The summed E-state index contributed by atoms with van der Waals surface area (Å²) in [5.41, 5.74) is 1.02. The number of carbonyl (C=O) groups is 1. The molecule has 0 radical (unpaired) electrons. The highest BCUT2D eigenvalue weighted by molar-refractivity contribution is 5.75.